The molecule has 18 heavy (non-hydrogen) atoms. The highest BCUT2D eigenvalue weighted by Gasteiger charge is 2.03. The molecule has 2 aromatic heterocycles. The van der Waals surface area contributed by atoms with E-state index in [0.29, 0.717) is 18.2 Å². The zero-order valence-corrected chi connectivity index (χ0v) is 11.9. The van der Waals surface area contributed by atoms with Gasteiger partial charge in [-0.3, -0.25) is 0 Å². The summed E-state index contributed by atoms with van der Waals surface area (Å²) in [4.78, 5) is 12.0. The van der Waals surface area contributed by atoms with Gasteiger partial charge in [-0.15, -0.1) is 0 Å². The largest absolute Gasteiger partial charge is 0.481 e. The van der Waals surface area contributed by atoms with Crippen molar-refractivity contribution in [2.75, 3.05) is 12.4 Å². The van der Waals surface area contributed by atoms with Crippen LogP contribution >= 0.6 is 27.5 Å². The maximum atomic E-state index is 5.73. The summed E-state index contributed by atoms with van der Waals surface area (Å²) in [5.74, 6) is 1.23. The summed E-state index contributed by atoms with van der Waals surface area (Å²) >= 11 is 9.07. The molecule has 0 unspecified atom stereocenters. The van der Waals surface area contributed by atoms with E-state index in [1.54, 1.807) is 25.6 Å². The predicted molar refractivity (Wildman–Crippen MR) is 72.9 cm³/mol. The molecule has 0 saturated heterocycles. The zero-order chi connectivity index (χ0) is 13.0. The van der Waals surface area contributed by atoms with E-state index in [2.05, 4.69) is 36.2 Å². The average Bonchev–Trinajstić information content (AvgIpc) is 2.40. The Morgan fingerprint density at radius 2 is 2.17 bits per heavy atom. The predicted octanol–water partition coefficient (Wildman–Crippen LogP) is 2.91. The van der Waals surface area contributed by atoms with Crippen LogP contribution in [0, 0.1) is 0 Å². The van der Waals surface area contributed by atoms with E-state index >= 15 is 0 Å². The first-order valence-corrected chi connectivity index (χ1v) is 6.27. The van der Waals surface area contributed by atoms with E-state index in [4.69, 9.17) is 16.3 Å². The molecule has 7 heteroatoms. The molecular weight excluding hydrogens is 320 g/mol. The molecule has 0 atom stereocenters. The van der Waals surface area contributed by atoms with Crippen molar-refractivity contribution in [2.24, 2.45) is 0 Å². The van der Waals surface area contributed by atoms with Crippen LogP contribution in [0.1, 0.15) is 5.56 Å². The van der Waals surface area contributed by atoms with Crippen molar-refractivity contribution >= 4 is 33.3 Å². The van der Waals surface area contributed by atoms with Crippen molar-refractivity contribution in [2.45, 2.75) is 6.54 Å². The van der Waals surface area contributed by atoms with Gasteiger partial charge >= 0.3 is 0 Å². The van der Waals surface area contributed by atoms with Gasteiger partial charge in [-0.1, -0.05) is 6.07 Å². The molecule has 0 fully saturated rings. The van der Waals surface area contributed by atoms with Crippen LogP contribution < -0.4 is 10.1 Å². The number of hydrogen-bond acceptors (Lipinski definition) is 5. The molecule has 0 aliphatic heterocycles. The van der Waals surface area contributed by atoms with Crippen molar-refractivity contribution in [3.63, 3.8) is 0 Å². The van der Waals surface area contributed by atoms with Crippen LogP contribution in [0.3, 0.4) is 0 Å². The number of ether oxygens (including phenoxy) is 1. The molecule has 0 spiro atoms. The quantitative estimate of drug-likeness (QED) is 0.874. The van der Waals surface area contributed by atoms with Gasteiger partial charge in [0.15, 0.2) is 0 Å². The summed E-state index contributed by atoms with van der Waals surface area (Å²) in [7, 11) is 1.58. The summed E-state index contributed by atoms with van der Waals surface area (Å²) in [6, 6.07) is 3.73. The standard InChI is InChI=1S/C11H10BrClN4O/c1-18-9-3-2-7(4-14-9)5-15-10-8(12)6-16-11(13)17-10/h2-4,6H,5H2,1H3,(H,15,16,17). The Bertz CT molecular complexity index is 535. The first-order valence-electron chi connectivity index (χ1n) is 5.10. The minimum atomic E-state index is 0.202. The van der Waals surface area contributed by atoms with Crippen molar-refractivity contribution in [1.29, 1.82) is 0 Å². The molecule has 0 aliphatic carbocycles. The third-order valence-corrected chi connectivity index (χ3v) is 2.94. The second-order valence-corrected chi connectivity index (χ2v) is 4.59. The Morgan fingerprint density at radius 3 is 2.83 bits per heavy atom. The molecule has 0 bridgehead atoms. The van der Waals surface area contributed by atoms with Crippen LogP contribution in [-0.2, 0) is 6.54 Å². The Labute approximate surface area is 118 Å². The smallest absolute Gasteiger partial charge is 0.224 e. The number of methoxy groups -OCH3 is 1. The second-order valence-electron chi connectivity index (χ2n) is 3.40. The Balaban J connectivity index is 2.04. The van der Waals surface area contributed by atoms with E-state index in [1.807, 2.05) is 6.07 Å². The fraction of sp³-hybridized carbons (Fsp3) is 0.182. The number of hydrogen-bond donors (Lipinski definition) is 1. The van der Waals surface area contributed by atoms with E-state index in [1.165, 1.54) is 0 Å². The monoisotopic (exact) mass is 328 g/mol. The molecule has 2 aromatic rings. The molecule has 0 aromatic carbocycles. The Morgan fingerprint density at radius 1 is 1.33 bits per heavy atom. The SMILES string of the molecule is COc1ccc(CNc2nc(Cl)ncc2Br)cn1. The maximum absolute atomic E-state index is 5.73. The van der Waals surface area contributed by atoms with Gasteiger partial charge in [-0.05, 0) is 33.1 Å². The second kappa shape index (κ2) is 5.97. The van der Waals surface area contributed by atoms with E-state index in [-0.39, 0.29) is 5.28 Å². The normalized spacial score (nSPS) is 10.2. The van der Waals surface area contributed by atoms with Gasteiger partial charge in [0, 0.05) is 25.0 Å². The molecule has 1 N–H and O–H groups in total. The van der Waals surface area contributed by atoms with E-state index < -0.39 is 0 Å². The first-order chi connectivity index (χ1) is 8.69. The van der Waals surface area contributed by atoms with Gasteiger partial charge in [0.1, 0.15) is 5.82 Å². The van der Waals surface area contributed by atoms with Crippen molar-refractivity contribution < 1.29 is 4.74 Å². The highest BCUT2D eigenvalue weighted by Crippen LogP contribution is 2.20. The lowest BCUT2D eigenvalue weighted by atomic mass is 10.3. The lowest BCUT2D eigenvalue weighted by Gasteiger charge is -2.07. The van der Waals surface area contributed by atoms with Crippen LogP contribution in [0.2, 0.25) is 5.28 Å². The molecular formula is C11H10BrClN4O. The minimum Gasteiger partial charge on any atom is -0.481 e. The number of anilines is 1. The number of rotatable bonds is 4. The number of aromatic nitrogens is 3. The van der Waals surface area contributed by atoms with Crippen molar-refractivity contribution in [3.05, 3.63) is 39.8 Å². The minimum absolute atomic E-state index is 0.202. The van der Waals surface area contributed by atoms with Crippen molar-refractivity contribution in [3.8, 4) is 5.88 Å². The lowest BCUT2D eigenvalue weighted by molar-refractivity contribution is 0.397. The molecule has 0 amide bonds. The Hall–Kier alpha value is -1.40. The maximum Gasteiger partial charge on any atom is 0.224 e. The number of pyridine rings is 1. The molecule has 94 valence electrons. The van der Waals surface area contributed by atoms with Gasteiger partial charge < -0.3 is 10.1 Å². The van der Waals surface area contributed by atoms with E-state index in [9.17, 15) is 0 Å². The van der Waals surface area contributed by atoms with Crippen LogP contribution in [0.5, 0.6) is 5.88 Å². The van der Waals surface area contributed by atoms with Crippen LogP contribution in [0.15, 0.2) is 29.0 Å². The molecule has 0 radical (unpaired) electrons. The van der Waals surface area contributed by atoms with Gasteiger partial charge in [0.25, 0.3) is 0 Å². The van der Waals surface area contributed by atoms with Gasteiger partial charge in [0.2, 0.25) is 11.2 Å². The lowest BCUT2D eigenvalue weighted by Crippen LogP contribution is -2.03. The number of nitrogens with zero attached hydrogens (tertiary/aromatic N) is 3. The zero-order valence-electron chi connectivity index (χ0n) is 9.52. The highest BCUT2D eigenvalue weighted by molar-refractivity contribution is 9.10. The third-order valence-electron chi connectivity index (χ3n) is 2.18. The molecule has 0 aliphatic rings. The van der Waals surface area contributed by atoms with Gasteiger partial charge in [-0.2, -0.15) is 4.98 Å². The summed E-state index contributed by atoms with van der Waals surface area (Å²) in [5.41, 5.74) is 1.01. The summed E-state index contributed by atoms with van der Waals surface area (Å²) < 4.78 is 5.75. The fourth-order valence-corrected chi connectivity index (χ4v) is 1.76. The third kappa shape index (κ3) is 3.30. The average molecular weight is 330 g/mol. The number of halogens is 2. The van der Waals surface area contributed by atoms with Crippen molar-refractivity contribution in [1.82, 2.24) is 15.0 Å². The van der Waals surface area contributed by atoms with Crippen LogP contribution in [0.25, 0.3) is 0 Å². The number of nitrogens with one attached hydrogen (secondary N) is 1. The highest BCUT2D eigenvalue weighted by atomic mass is 79.9. The molecule has 2 heterocycles. The topological polar surface area (TPSA) is 59.9 Å². The van der Waals surface area contributed by atoms with Crippen LogP contribution in [0.4, 0.5) is 5.82 Å². The van der Waals surface area contributed by atoms with Gasteiger partial charge in [-0.25, -0.2) is 9.97 Å². The summed E-state index contributed by atoms with van der Waals surface area (Å²) in [5, 5.41) is 3.35. The summed E-state index contributed by atoms with van der Waals surface area (Å²) in [6.45, 7) is 0.586. The van der Waals surface area contributed by atoms with E-state index in [0.717, 1.165) is 10.0 Å². The Kier molecular flexibility index (Phi) is 4.33. The molecule has 0 saturated carbocycles. The van der Waals surface area contributed by atoms with Gasteiger partial charge in [0.05, 0.1) is 11.6 Å². The molecule has 5 nitrogen and oxygen atoms in total. The molecule has 2 rings (SSSR count). The van der Waals surface area contributed by atoms with Crippen LogP contribution in [-0.4, -0.2) is 22.1 Å². The first kappa shape index (κ1) is 13.0. The summed E-state index contributed by atoms with van der Waals surface area (Å²) in [6.07, 6.45) is 3.34. The fourth-order valence-electron chi connectivity index (χ4n) is 1.29.